The minimum atomic E-state index is -1.56. The molecule has 14 nitrogen and oxygen atoms in total. The topological polar surface area (TPSA) is 245 Å². The molecule has 0 aliphatic rings. The van der Waals surface area contributed by atoms with E-state index in [4.69, 9.17) is 21.1 Å². The summed E-state index contributed by atoms with van der Waals surface area (Å²) in [5, 5.41) is 41.9. The molecule has 3 amide bonds. The van der Waals surface area contributed by atoms with E-state index in [0.29, 0.717) is 0 Å². The van der Waals surface area contributed by atoms with Crippen LogP contribution in [0.25, 0.3) is 0 Å². The van der Waals surface area contributed by atoms with Gasteiger partial charge in [-0.25, -0.2) is 0 Å². The molecule has 170 valence electrons. The molecule has 0 aromatic carbocycles. The highest BCUT2D eigenvalue weighted by molar-refractivity contribution is 5.94. The molecule has 0 spiro atoms. The number of aliphatic carboxylic acids is 3. The summed E-state index contributed by atoms with van der Waals surface area (Å²) in [6.07, 6.45) is -1.54. The number of nitrogens with one attached hydrogen (secondary N) is 3. The molecule has 0 aromatic rings. The zero-order valence-electron chi connectivity index (χ0n) is 16.2. The Hall–Kier alpha value is -3.26. The Bertz CT molecular complexity index is 668. The summed E-state index contributed by atoms with van der Waals surface area (Å²) in [6.45, 7) is 0.258. The van der Waals surface area contributed by atoms with E-state index in [1.807, 2.05) is 0 Å². The van der Waals surface area contributed by atoms with E-state index < -0.39 is 79.2 Å². The molecule has 0 saturated heterocycles. The number of aliphatic hydroxyl groups is 1. The summed E-state index contributed by atoms with van der Waals surface area (Å²) in [6, 6.07) is -5.61. The number of carboxylic acids is 3. The maximum absolute atomic E-state index is 12.3. The average molecular weight is 434 g/mol. The van der Waals surface area contributed by atoms with E-state index in [1.54, 1.807) is 0 Å². The molecule has 9 N–H and O–H groups in total. The lowest BCUT2D eigenvalue weighted by molar-refractivity contribution is -0.142. The summed E-state index contributed by atoms with van der Waals surface area (Å²) in [5.41, 5.74) is 5.51. The molecule has 0 aliphatic carbocycles. The monoisotopic (exact) mass is 434 g/mol. The Morgan fingerprint density at radius 2 is 1.23 bits per heavy atom. The molecule has 30 heavy (non-hydrogen) atoms. The van der Waals surface area contributed by atoms with Gasteiger partial charge in [0.05, 0.1) is 12.6 Å². The number of carbonyl (C=O) groups is 6. The van der Waals surface area contributed by atoms with Crippen LogP contribution < -0.4 is 21.7 Å². The number of nitrogens with two attached hydrogens (primary N) is 1. The molecule has 4 atom stereocenters. The highest BCUT2D eigenvalue weighted by Crippen LogP contribution is 2.02. The van der Waals surface area contributed by atoms with Crippen molar-refractivity contribution < 1.29 is 49.2 Å². The standard InChI is InChI=1S/C16H26N4O10/c1-7(16(29)30)18-14(27)9(3-5-12(24)25)19-15(28)10(6-21)20-13(26)8(17)2-4-11(22)23/h7-10,21H,2-6,17H2,1H3,(H,18,27)(H,19,28)(H,20,26)(H,22,23)(H,24,25)(H,29,30)/t7-,8-,9-,10-/m0/s1. The molecular formula is C16H26N4O10. The first kappa shape index (κ1) is 26.7. The van der Waals surface area contributed by atoms with Gasteiger partial charge in [0.25, 0.3) is 0 Å². The van der Waals surface area contributed by atoms with Crippen molar-refractivity contribution >= 4 is 35.6 Å². The first-order chi connectivity index (χ1) is 13.9. The lowest BCUT2D eigenvalue weighted by atomic mass is 10.1. The number of rotatable bonds is 14. The van der Waals surface area contributed by atoms with Crippen molar-refractivity contribution in [2.45, 2.75) is 56.8 Å². The SMILES string of the molecule is C[C@H](NC(=O)[C@H](CCC(=O)O)NC(=O)[C@H](CO)NC(=O)[C@@H](N)CCC(=O)O)C(=O)O. The Morgan fingerprint density at radius 1 is 0.767 bits per heavy atom. The van der Waals surface area contributed by atoms with Crippen LogP contribution in [0.15, 0.2) is 0 Å². The van der Waals surface area contributed by atoms with Crippen LogP contribution >= 0.6 is 0 Å². The summed E-state index contributed by atoms with van der Waals surface area (Å²) >= 11 is 0. The zero-order valence-corrected chi connectivity index (χ0v) is 16.2. The van der Waals surface area contributed by atoms with Gasteiger partial charge < -0.3 is 42.1 Å². The second-order valence-corrected chi connectivity index (χ2v) is 6.34. The van der Waals surface area contributed by atoms with Gasteiger partial charge in [-0.15, -0.1) is 0 Å². The molecular weight excluding hydrogens is 408 g/mol. The van der Waals surface area contributed by atoms with Crippen LogP contribution in [0.1, 0.15) is 32.6 Å². The quantitative estimate of drug-likeness (QED) is 0.134. The third-order valence-corrected chi connectivity index (χ3v) is 3.83. The van der Waals surface area contributed by atoms with Crippen LogP contribution in [-0.4, -0.2) is 86.8 Å². The van der Waals surface area contributed by atoms with Gasteiger partial charge in [-0.1, -0.05) is 0 Å². The highest BCUT2D eigenvalue weighted by Gasteiger charge is 2.29. The van der Waals surface area contributed by atoms with Crippen molar-refractivity contribution in [3.8, 4) is 0 Å². The smallest absolute Gasteiger partial charge is 0.325 e. The van der Waals surface area contributed by atoms with Crippen molar-refractivity contribution in [1.29, 1.82) is 0 Å². The zero-order chi connectivity index (χ0) is 23.4. The van der Waals surface area contributed by atoms with Gasteiger partial charge in [-0.3, -0.25) is 28.8 Å². The summed E-state index contributed by atoms with van der Waals surface area (Å²) in [5.74, 6) is -6.76. The molecule has 0 aliphatic heterocycles. The number of amides is 3. The predicted molar refractivity (Wildman–Crippen MR) is 97.9 cm³/mol. The van der Waals surface area contributed by atoms with Gasteiger partial charge in [-0.05, 0) is 19.8 Å². The van der Waals surface area contributed by atoms with Gasteiger partial charge in [-0.2, -0.15) is 0 Å². The Morgan fingerprint density at radius 3 is 1.70 bits per heavy atom. The molecule has 0 aromatic heterocycles. The van der Waals surface area contributed by atoms with Crippen LogP contribution in [0, 0.1) is 0 Å². The average Bonchev–Trinajstić information content (AvgIpc) is 2.66. The fourth-order valence-electron chi connectivity index (χ4n) is 2.07. The minimum Gasteiger partial charge on any atom is -0.481 e. The molecule has 0 unspecified atom stereocenters. The fourth-order valence-corrected chi connectivity index (χ4v) is 2.07. The molecule has 0 bridgehead atoms. The number of hydrogen-bond donors (Lipinski definition) is 8. The van der Waals surface area contributed by atoms with Crippen LogP contribution in [0.3, 0.4) is 0 Å². The van der Waals surface area contributed by atoms with Gasteiger partial charge >= 0.3 is 17.9 Å². The van der Waals surface area contributed by atoms with Crippen LogP contribution in [-0.2, 0) is 28.8 Å². The molecule has 0 radical (unpaired) electrons. The van der Waals surface area contributed by atoms with E-state index >= 15 is 0 Å². The maximum atomic E-state index is 12.3. The molecule has 0 saturated carbocycles. The third kappa shape index (κ3) is 10.3. The largest absolute Gasteiger partial charge is 0.481 e. The summed E-state index contributed by atoms with van der Waals surface area (Å²) in [4.78, 5) is 68.6. The van der Waals surface area contributed by atoms with Crippen molar-refractivity contribution in [2.75, 3.05) is 6.61 Å². The first-order valence-electron chi connectivity index (χ1n) is 8.83. The normalized spacial score (nSPS) is 14.5. The molecule has 0 rings (SSSR count). The highest BCUT2D eigenvalue weighted by atomic mass is 16.4. The van der Waals surface area contributed by atoms with Gasteiger partial charge in [0.2, 0.25) is 17.7 Å². The molecule has 14 heteroatoms. The Balaban J connectivity index is 5.11. The minimum absolute atomic E-state index is 0.225. The van der Waals surface area contributed by atoms with Crippen molar-refractivity contribution in [1.82, 2.24) is 16.0 Å². The van der Waals surface area contributed by atoms with Crippen LogP contribution in [0.5, 0.6) is 0 Å². The van der Waals surface area contributed by atoms with Crippen molar-refractivity contribution in [3.63, 3.8) is 0 Å². The first-order valence-corrected chi connectivity index (χ1v) is 8.83. The lowest BCUT2D eigenvalue weighted by Crippen LogP contribution is -2.57. The van der Waals surface area contributed by atoms with E-state index in [1.165, 1.54) is 0 Å². The second kappa shape index (κ2) is 13.1. The van der Waals surface area contributed by atoms with E-state index in [9.17, 15) is 33.9 Å². The van der Waals surface area contributed by atoms with Gasteiger partial charge in [0.1, 0.15) is 18.1 Å². The predicted octanol–water partition coefficient (Wildman–Crippen LogP) is -3.41. The van der Waals surface area contributed by atoms with Crippen molar-refractivity contribution in [2.24, 2.45) is 5.73 Å². The summed E-state index contributed by atoms with van der Waals surface area (Å²) in [7, 11) is 0. The van der Waals surface area contributed by atoms with Gasteiger partial charge in [0, 0.05) is 12.8 Å². The van der Waals surface area contributed by atoms with Gasteiger partial charge in [0.15, 0.2) is 0 Å². The van der Waals surface area contributed by atoms with Crippen molar-refractivity contribution in [3.05, 3.63) is 0 Å². The fraction of sp³-hybridized carbons (Fsp3) is 0.625. The van der Waals surface area contributed by atoms with Crippen LogP contribution in [0.4, 0.5) is 0 Å². The van der Waals surface area contributed by atoms with E-state index in [2.05, 4.69) is 16.0 Å². The lowest BCUT2D eigenvalue weighted by Gasteiger charge is -2.23. The number of aliphatic hydroxyl groups excluding tert-OH is 1. The van der Waals surface area contributed by atoms with E-state index in [0.717, 1.165) is 6.92 Å². The number of carboxylic acid groups (broad SMARTS) is 3. The second-order valence-electron chi connectivity index (χ2n) is 6.34. The summed E-state index contributed by atoms with van der Waals surface area (Å²) < 4.78 is 0. The van der Waals surface area contributed by atoms with Crippen LogP contribution in [0.2, 0.25) is 0 Å². The molecule has 0 fully saturated rings. The van der Waals surface area contributed by atoms with E-state index in [-0.39, 0.29) is 12.8 Å². The third-order valence-electron chi connectivity index (χ3n) is 3.83. The molecule has 0 heterocycles. The maximum Gasteiger partial charge on any atom is 0.325 e. The number of hydrogen-bond acceptors (Lipinski definition) is 8. The Kier molecular flexibility index (Phi) is 11.6. The number of carbonyl (C=O) groups excluding carboxylic acids is 3. The Labute approximate surface area is 170 Å².